The van der Waals surface area contributed by atoms with Gasteiger partial charge in [0.05, 0.1) is 11.4 Å². The molecule has 9 aromatic carbocycles. The van der Waals surface area contributed by atoms with Crippen molar-refractivity contribution in [1.29, 1.82) is 0 Å². The second kappa shape index (κ2) is 12.9. The molecule has 0 atom stereocenters. The van der Waals surface area contributed by atoms with Crippen LogP contribution >= 0.6 is 11.3 Å². The highest BCUT2D eigenvalue weighted by Crippen LogP contribution is 2.42. The van der Waals surface area contributed by atoms with Crippen LogP contribution in [-0.2, 0) is 0 Å². The first kappa shape index (κ1) is 31.6. The maximum atomic E-state index is 5.35. The smallest absolute Gasteiger partial charge is 0.160 e. The third-order valence-corrected chi connectivity index (χ3v) is 12.0. The minimum atomic E-state index is 0.703. The molecule has 0 bridgehead atoms. The number of hydrogen-bond donors (Lipinski definition) is 0. The van der Waals surface area contributed by atoms with Crippen molar-refractivity contribution in [3.63, 3.8) is 0 Å². The molecular weight excluding hydrogens is 685 g/mol. The Morgan fingerprint density at radius 3 is 1.85 bits per heavy atom. The topological polar surface area (TPSA) is 25.8 Å². The first-order valence-corrected chi connectivity index (χ1v) is 19.5. The van der Waals surface area contributed by atoms with Gasteiger partial charge in [0.1, 0.15) is 0 Å². The van der Waals surface area contributed by atoms with Gasteiger partial charge in [0, 0.05) is 36.9 Å². The van der Waals surface area contributed by atoms with Gasteiger partial charge in [-0.15, -0.1) is 11.3 Å². The monoisotopic (exact) mass is 716 g/mol. The van der Waals surface area contributed by atoms with E-state index in [1.807, 2.05) is 11.3 Å². The zero-order valence-electron chi connectivity index (χ0n) is 29.8. The molecule has 0 unspecified atom stereocenters. The van der Waals surface area contributed by atoms with Crippen molar-refractivity contribution in [2.24, 2.45) is 0 Å². The number of hydrogen-bond acceptors (Lipinski definition) is 3. The normalized spacial score (nSPS) is 11.6. The molecule has 0 fully saturated rings. The van der Waals surface area contributed by atoms with Crippen LogP contribution in [0.25, 0.3) is 109 Å². The molecule has 3 heteroatoms. The van der Waals surface area contributed by atoms with Gasteiger partial charge in [0.25, 0.3) is 0 Å². The minimum absolute atomic E-state index is 0.703. The lowest BCUT2D eigenvalue weighted by molar-refractivity contribution is 1.19. The summed E-state index contributed by atoms with van der Waals surface area (Å²) in [6.45, 7) is 0. The Hall–Kier alpha value is -6.94. The highest BCUT2D eigenvalue weighted by Gasteiger charge is 2.17. The Morgan fingerprint density at radius 2 is 0.982 bits per heavy atom. The maximum absolute atomic E-state index is 5.35. The first-order valence-electron chi connectivity index (χ1n) is 18.6. The molecule has 0 saturated heterocycles. The van der Waals surface area contributed by atoms with Crippen LogP contribution in [0.15, 0.2) is 194 Å². The standard InChI is InChI=1S/C52H32N2S/c1-2-12-33(13-3-1)37-16-10-17-39(30-37)46-32-47(43-21-11-23-49-51(43)44-20-8-9-22-48(44)55-49)54-52(53-46)36-26-24-35(25-27-36)50-41-19-7-5-15-38(41)31-45-40-18-6-4-14-34(40)28-29-42(45)50/h1-32H. The molecule has 0 aliphatic carbocycles. The Labute approximate surface area is 322 Å². The van der Waals surface area contributed by atoms with E-state index in [-0.39, 0.29) is 0 Å². The van der Waals surface area contributed by atoms with Gasteiger partial charge in [-0.25, -0.2) is 9.97 Å². The van der Waals surface area contributed by atoms with Gasteiger partial charge in [0.2, 0.25) is 0 Å². The summed E-state index contributed by atoms with van der Waals surface area (Å²) in [6.07, 6.45) is 0. The Balaban J connectivity index is 1.10. The Morgan fingerprint density at radius 1 is 0.327 bits per heavy atom. The second-order valence-corrected chi connectivity index (χ2v) is 15.2. The Kier molecular flexibility index (Phi) is 7.39. The molecule has 11 rings (SSSR count). The summed E-state index contributed by atoms with van der Waals surface area (Å²) in [6, 6.07) is 69.8. The zero-order chi connectivity index (χ0) is 36.3. The van der Waals surface area contributed by atoms with Crippen LogP contribution in [0, 0.1) is 0 Å². The number of nitrogens with zero attached hydrogens (tertiary/aromatic N) is 2. The molecule has 2 nitrogen and oxygen atoms in total. The predicted molar refractivity (Wildman–Crippen MR) is 235 cm³/mol. The van der Waals surface area contributed by atoms with E-state index in [1.54, 1.807) is 0 Å². The predicted octanol–water partition coefficient (Wildman–Crippen LogP) is 14.6. The highest BCUT2D eigenvalue weighted by molar-refractivity contribution is 7.25. The zero-order valence-corrected chi connectivity index (χ0v) is 30.6. The average Bonchev–Trinajstić information content (AvgIpc) is 3.65. The van der Waals surface area contributed by atoms with Crippen LogP contribution in [-0.4, -0.2) is 9.97 Å². The molecule has 0 aliphatic rings. The first-order chi connectivity index (χ1) is 27.2. The molecule has 0 amide bonds. The van der Waals surface area contributed by atoms with Crippen LogP contribution in [0.2, 0.25) is 0 Å². The molecule has 256 valence electrons. The summed E-state index contributed by atoms with van der Waals surface area (Å²) < 4.78 is 2.53. The molecule has 0 spiro atoms. The molecule has 0 saturated carbocycles. The molecular formula is C52H32N2S. The number of aromatic nitrogens is 2. The van der Waals surface area contributed by atoms with Gasteiger partial charge in [-0.2, -0.15) is 0 Å². The molecule has 55 heavy (non-hydrogen) atoms. The van der Waals surface area contributed by atoms with E-state index in [4.69, 9.17) is 9.97 Å². The van der Waals surface area contributed by atoms with Crippen molar-refractivity contribution in [3.05, 3.63) is 194 Å². The molecule has 11 aromatic rings. The third-order valence-electron chi connectivity index (χ3n) is 10.9. The third kappa shape index (κ3) is 5.40. The van der Waals surface area contributed by atoms with Gasteiger partial charge in [-0.3, -0.25) is 0 Å². The van der Waals surface area contributed by atoms with Gasteiger partial charge in [-0.1, -0.05) is 164 Å². The highest BCUT2D eigenvalue weighted by atomic mass is 32.1. The molecule has 2 heterocycles. The van der Waals surface area contributed by atoms with E-state index in [2.05, 4.69) is 194 Å². The van der Waals surface area contributed by atoms with Gasteiger partial charge in [-0.05, 0) is 84.9 Å². The fourth-order valence-corrected chi connectivity index (χ4v) is 9.39. The number of benzene rings is 9. The lowest BCUT2D eigenvalue weighted by atomic mass is 9.89. The molecule has 2 aromatic heterocycles. The van der Waals surface area contributed by atoms with Crippen molar-refractivity contribution in [2.45, 2.75) is 0 Å². The van der Waals surface area contributed by atoms with Crippen LogP contribution < -0.4 is 0 Å². The quantitative estimate of drug-likeness (QED) is 0.131. The van der Waals surface area contributed by atoms with Crippen molar-refractivity contribution in [3.8, 4) is 56.2 Å². The van der Waals surface area contributed by atoms with E-state index in [0.29, 0.717) is 5.82 Å². The fraction of sp³-hybridized carbons (Fsp3) is 0. The van der Waals surface area contributed by atoms with Crippen LogP contribution in [0.1, 0.15) is 0 Å². The van der Waals surface area contributed by atoms with Gasteiger partial charge >= 0.3 is 0 Å². The van der Waals surface area contributed by atoms with Crippen LogP contribution in [0.4, 0.5) is 0 Å². The molecule has 0 N–H and O–H groups in total. The van der Waals surface area contributed by atoms with E-state index in [0.717, 1.165) is 33.6 Å². The SMILES string of the molecule is c1ccc(-c2cccc(-c3cc(-c4cccc5sc6ccccc6c45)nc(-c4ccc(-c5c6ccccc6cc6c5ccc5ccccc56)cc4)n3)c2)cc1. The van der Waals surface area contributed by atoms with E-state index >= 15 is 0 Å². The maximum Gasteiger partial charge on any atom is 0.160 e. The lowest BCUT2D eigenvalue weighted by Crippen LogP contribution is -1.96. The molecule has 0 radical (unpaired) electrons. The lowest BCUT2D eigenvalue weighted by Gasteiger charge is -2.15. The Bertz CT molecular complexity index is 3250. The average molecular weight is 717 g/mol. The summed E-state index contributed by atoms with van der Waals surface area (Å²) in [4.78, 5) is 10.6. The van der Waals surface area contributed by atoms with E-state index < -0.39 is 0 Å². The van der Waals surface area contributed by atoms with Crippen molar-refractivity contribution < 1.29 is 0 Å². The summed E-state index contributed by atoms with van der Waals surface area (Å²) in [5, 5.41) is 10.0. The summed E-state index contributed by atoms with van der Waals surface area (Å²) in [5.74, 6) is 0.703. The van der Waals surface area contributed by atoms with E-state index in [1.165, 1.54) is 69.2 Å². The summed E-state index contributed by atoms with van der Waals surface area (Å²) in [7, 11) is 0. The number of fused-ring (bicyclic) bond motifs is 7. The van der Waals surface area contributed by atoms with Crippen molar-refractivity contribution >= 4 is 63.8 Å². The number of thiophene rings is 1. The fourth-order valence-electron chi connectivity index (χ4n) is 8.26. The van der Waals surface area contributed by atoms with Crippen LogP contribution in [0.5, 0.6) is 0 Å². The van der Waals surface area contributed by atoms with Crippen molar-refractivity contribution in [2.75, 3.05) is 0 Å². The van der Waals surface area contributed by atoms with Crippen molar-refractivity contribution in [1.82, 2.24) is 9.97 Å². The largest absolute Gasteiger partial charge is 0.228 e. The molecule has 0 aliphatic heterocycles. The van der Waals surface area contributed by atoms with Gasteiger partial charge < -0.3 is 0 Å². The second-order valence-electron chi connectivity index (χ2n) is 14.1. The van der Waals surface area contributed by atoms with Crippen LogP contribution in [0.3, 0.4) is 0 Å². The minimum Gasteiger partial charge on any atom is -0.228 e. The summed E-state index contributed by atoms with van der Waals surface area (Å²) >= 11 is 1.83. The van der Waals surface area contributed by atoms with E-state index in [9.17, 15) is 0 Å². The number of rotatable bonds is 5. The van der Waals surface area contributed by atoms with Gasteiger partial charge in [0.15, 0.2) is 5.82 Å². The summed E-state index contributed by atoms with van der Waals surface area (Å²) in [5.41, 5.74) is 9.70.